The van der Waals surface area contributed by atoms with Crippen LogP contribution in [0.1, 0.15) is 5.56 Å². The molecule has 1 aliphatic heterocycles. The molecule has 3 amide bonds. The number of hydrogen-bond acceptors (Lipinski definition) is 6. The minimum Gasteiger partial charge on any atom is -0.483 e. The Morgan fingerprint density at radius 1 is 1.09 bits per heavy atom. The Hall–Kier alpha value is -5.06. The van der Waals surface area contributed by atoms with Crippen molar-refractivity contribution in [3.8, 4) is 5.75 Å². The zero-order valence-corrected chi connectivity index (χ0v) is 17.9. The van der Waals surface area contributed by atoms with E-state index >= 15 is 0 Å². The van der Waals surface area contributed by atoms with Crippen LogP contribution >= 0.6 is 0 Å². The first-order valence-electron chi connectivity index (χ1n) is 10.2. The maximum absolute atomic E-state index is 13.8. The van der Waals surface area contributed by atoms with Gasteiger partial charge in [0.2, 0.25) is 0 Å². The quantitative estimate of drug-likeness (QED) is 0.233. The van der Waals surface area contributed by atoms with Crippen molar-refractivity contribution in [3.63, 3.8) is 0 Å². The fourth-order valence-corrected chi connectivity index (χ4v) is 3.26. The molecule has 0 saturated carbocycles. The number of benzene rings is 3. The molecule has 35 heavy (non-hydrogen) atoms. The lowest BCUT2D eigenvalue weighted by atomic mass is 10.1. The molecule has 0 atom stereocenters. The Morgan fingerprint density at radius 2 is 1.80 bits per heavy atom. The summed E-state index contributed by atoms with van der Waals surface area (Å²) in [5.74, 6) is -2.69. The molecule has 0 radical (unpaired) electrons. The highest BCUT2D eigenvalue weighted by Crippen LogP contribution is 2.29. The number of rotatable bonds is 7. The van der Waals surface area contributed by atoms with Crippen LogP contribution in [0.5, 0.6) is 5.75 Å². The Balaban J connectivity index is 1.58. The zero-order chi connectivity index (χ0) is 24.9. The molecule has 10 nitrogen and oxygen atoms in total. The van der Waals surface area contributed by atoms with E-state index in [1.807, 2.05) is 0 Å². The molecule has 0 spiro atoms. The minimum atomic E-state index is -0.714. The second-order valence-electron chi connectivity index (χ2n) is 7.27. The van der Waals surface area contributed by atoms with Gasteiger partial charge in [-0.05, 0) is 36.4 Å². The second kappa shape index (κ2) is 9.83. The van der Waals surface area contributed by atoms with E-state index in [-0.39, 0.29) is 28.3 Å². The van der Waals surface area contributed by atoms with Crippen LogP contribution in [0.2, 0.25) is 0 Å². The van der Waals surface area contributed by atoms with Crippen LogP contribution in [-0.2, 0) is 14.4 Å². The maximum Gasteiger partial charge on any atom is 0.282 e. The molecule has 3 aromatic rings. The van der Waals surface area contributed by atoms with Gasteiger partial charge >= 0.3 is 0 Å². The Labute approximate surface area is 197 Å². The van der Waals surface area contributed by atoms with E-state index in [9.17, 15) is 28.9 Å². The van der Waals surface area contributed by atoms with Crippen molar-refractivity contribution < 1.29 is 28.4 Å². The van der Waals surface area contributed by atoms with Crippen LogP contribution in [0, 0.1) is 15.9 Å². The van der Waals surface area contributed by atoms with Gasteiger partial charge in [0.05, 0.1) is 16.3 Å². The number of halogens is 1. The van der Waals surface area contributed by atoms with Crippen LogP contribution in [0.25, 0.3) is 6.08 Å². The van der Waals surface area contributed by atoms with Crippen molar-refractivity contribution in [2.45, 2.75) is 0 Å². The number of anilines is 2. The average Bonchev–Trinajstić information content (AvgIpc) is 3.13. The van der Waals surface area contributed by atoms with Gasteiger partial charge in [0.15, 0.2) is 6.61 Å². The third-order valence-electron chi connectivity index (χ3n) is 4.92. The first-order chi connectivity index (χ1) is 16.8. The Bertz CT molecular complexity index is 1360. The molecule has 0 bridgehead atoms. The standard InChI is InChI=1S/C24H17FN4O6/c25-19-8-4-5-9-20(19)26-22(30)14-35-21-11-10-17(29(33)34)12-15(21)13-18-23(31)27-28(24(18)32)16-6-2-1-3-7-16/h1-13H,14H2,(H,26,30)(H,27,31). The van der Waals surface area contributed by atoms with Crippen molar-refractivity contribution in [1.29, 1.82) is 0 Å². The topological polar surface area (TPSA) is 131 Å². The van der Waals surface area contributed by atoms with Gasteiger partial charge in [-0.1, -0.05) is 30.3 Å². The fourth-order valence-electron chi connectivity index (χ4n) is 3.26. The summed E-state index contributed by atoms with van der Waals surface area (Å²) in [6, 6.07) is 17.4. The van der Waals surface area contributed by atoms with Crippen LogP contribution < -0.4 is 20.5 Å². The lowest BCUT2D eigenvalue weighted by Crippen LogP contribution is -2.35. The summed E-state index contributed by atoms with van der Waals surface area (Å²) in [6.07, 6.45) is 1.15. The summed E-state index contributed by atoms with van der Waals surface area (Å²) in [5.41, 5.74) is 2.25. The first-order valence-corrected chi connectivity index (χ1v) is 10.2. The average molecular weight is 476 g/mol. The van der Waals surface area contributed by atoms with Crippen LogP contribution in [0.3, 0.4) is 0 Å². The molecule has 4 rings (SSSR count). The highest BCUT2D eigenvalue weighted by Gasteiger charge is 2.34. The van der Waals surface area contributed by atoms with E-state index in [4.69, 9.17) is 4.74 Å². The lowest BCUT2D eigenvalue weighted by molar-refractivity contribution is -0.384. The predicted octanol–water partition coefficient (Wildman–Crippen LogP) is 3.21. The van der Waals surface area contributed by atoms with E-state index in [1.165, 1.54) is 24.3 Å². The second-order valence-corrected chi connectivity index (χ2v) is 7.27. The molecule has 11 heteroatoms. The third-order valence-corrected chi connectivity index (χ3v) is 4.92. The zero-order valence-electron chi connectivity index (χ0n) is 17.9. The highest BCUT2D eigenvalue weighted by molar-refractivity contribution is 6.31. The molecule has 0 aromatic heterocycles. The summed E-state index contributed by atoms with van der Waals surface area (Å²) in [4.78, 5) is 48.2. The number of hydrogen-bond donors (Lipinski definition) is 2. The molecule has 1 fully saturated rings. The van der Waals surface area contributed by atoms with Gasteiger partial charge in [-0.3, -0.25) is 29.9 Å². The molecular weight excluding hydrogens is 459 g/mol. The Kier molecular flexibility index (Phi) is 6.49. The van der Waals surface area contributed by atoms with E-state index < -0.39 is 35.1 Å². The number of ether oxygens (including phenoxy) is 1. The largest absolute Gasteiger partial charge is 0.483 e. The van der Waals surface area contributed by atoms with Crippen molar-refractivity contribution in [2.24, 2.45) is 0 Å². The van der Waals surface area contributed by atoms with Crippen LogP contribution in [0.4, 0.5) is 21.5 Å². The highest BCUT2D eigenvalue weighted by atomic mass is 19.1. The smallest absolute Gasteiger partial charge is 0.282 e. The lowest BCUT2D eigenvalue weighted by Gasteiger charge is -2.14. The molecule has 1 aliphatic rings. The van der Waals surface area contributed by atoms with E-state index in [0.29, 0.717) is 5.69 Å². The molecule has 1 heterocycles. The van der Waals surface area contributed by atoms with Gasteiger partial charge < -0.3 is 10.1 Å². The third kappa shape index (κ3) is 5.14. The number of nitrogens with one attached hydrogen (secondary N) is 2. The number of carbonyl (C=O) groups is 3. The van der Waals surface area contributed by atoms with Crippen molar-refractivity contribution in [2.75, 3.05) is 16.9 Å². The van der Waals surface area contributed by atoms with Crippen LogP contribution in [-0.4, -0.2) is 29.3 Å². The van der Waals surface area contributed by atoms with Gasteiger partial charge in [-0.15, -0.1) is 0 Å². The number of nitro groups is 1. The van der Waals surface area contributed by atoms with Gasteiger partial charge in [0, 0.05) is 17.7 Å². The molecule has 0 aliphatic carbocycles. The fraction of sp³-hybridized carbons (Fsp3) is 0.0417. The molecule has 3 aromatic carbocycles. The number of hydrazine groups is 1. The first kappa shape index (κ1) is 23.1. The van der Waals surface area contributed by atoms with Crippen molar-refractivity contribution >= 4 is 40.9 Å². The predicted molar refractivity (Wildman–Crippen MR) is 124 cm³/mol. The molecule has 2 N–H and O–H groups in total. The van der Waals surface area contributed by atoms with Gasteiger partial charge in [-0.25, -0.2) is 9.40 Å². The summed E-state index contributed by atoms with van der Waals surface area (Å²) in [5, 5.41) is 14.7. The van der Waals surface area contributed by atoms with Crippen LogP contribution in [0.15, 0.2) is 78.4 Å². The Morgan fingerprint density at radius 3 is 2.51 bits per heavy atom. The van der Waals surface area contributed by atoms with Crippen molar-refractivity contribution in [1.82, 2.24) is 5.43 Å². The SMILES string of the molecule is O=C(COc1ccc([N+](=O)[O-])cc1C=C1C(=O)NN(c2ccccc2)C1=O)Nc1ccccc1F. The van der Waals surface area contributed by atoms with Gasteiger partial charge in [0.1, 0.15) is 17.1 Å². The van der Waals surface area contributed by atoms with Gasteiger partial charge in [-0.2, -0.15) is 0 Å². The molecule has 1 saturated heterocycles. The van der Waals surface area contributed by atoms with Crippen molar-refractivity contribution in [3.05, 3.63) is 99.9 Å². The summed E-state index contributed by atoms with van der Waals surface area (Å²) in [7, 11) is 0. The summed E-state index contributed by atoms with van der Waals surface area (Å²) >= 11 is 0. The van der Waals surface area contributed by atoms with E-state index in [2.05, 4.69) is 10.7 Å². The summed E-state index contributed by atoms with van der Waals surface area (Å²) in [6.45, 7) is -0.557. The number of para-hydroxylation sites is 2. The molecule has 176 valence electrons. The minimum absolute atomic E-state index is 0.00513. The number of nitrogens with zero attached hydrogens (tertiary/aromatic N) is 2. The number of amides is 3. The number of non-ortho nitro benzene ring substituents is 1. The monoisotopic (exact) mass is 476 g/mol. The summed E-state index contributed by atoms with van der Waals surface area (Å²) < 4.78 is 19.2. The van der Waals surface area contributed by atoms with E-state index in [1.54, 1.807) is 36.4 Å². The maximum atomic E-state index is 13.8. The molecule has 0 unspecified atom stereocenters. The normalized spacial score (nSPS) is 14.1. The van der Waals surface area contributed by atoms with E-state index in [0.717, 1.165) is 23.2 Å². The number of carbonyl (C=O) groups excluding carboxylic acids is 3. The molecular formula is C24H17FN4O6. The number of nitro benzene ring substituents is 1. The van der Waals surface area contributed by atoms with Gasteiger partial charge in [0.25, 0.3) is 23.4 Å².